The van der Waals surface area contributed by atoms with Crippen molar-refractivity contribution in [2.75, 3.05) is 9.80 Å². The lowest BCUT2D eigenvalue weighted by atomic mass is 9.74. The fourth-order valence-electron chi connectivity index (χ4n) is 7.64. The van der Waals surface area contributed by atoms with Gasteiger partial charge in [0.05, 0.1) is 5.69 Å². The average molecular weight is 695 g/mol. The molecule has 9 rings (SSSR count). The van der Waals surface area contributed by atoms with Crippen LogP contribution in [0.15, 0.2) is 194 Å². The maximum atomic E-state index is 7.09. The van der Waals surface area contributed by atoms with Crippen molar-refractivity contribution in [3.05, 3.63) is 217 Å². The van der Waals surface area contributed by atoms with Crippen LogP contribution in [0.1, 0.15) is 25.0 Å². The Hall–Kier alpha value is -7.02. The van der Waals surface area contributed by atoms with Gasteiger partial charge in [0.2, 0.25) is 0 Å². The number of benzene rings is 7. The summed E-state index contributed by atoms with van der Waals surface area (Å²) in [5.41, 5.74) is 12.8. The number of hydrogen-bond acceptors (Lipinski definition) is 3. The van der Waals surface area contributed by atoms with Crippen LogP contribution < -0.4 is 14.5 Å². The molecule has 0 aliphatic carbocycles. The zero-order chi connectivity index (χ0) is 36.5. The number of nitrogens with zero attached hydrogens (tertiary/aromatic N) is 2. The molecule has 0 saturated carbocycles. The van der Waals surface area contributed by atoms with Gasteiger partial charge in [0.15, 0.2) is 0 Å². The molecule has 0 amide bonds. The van der Waals surface area contributed by atoms with Crippen LogP contribution in [0.2, 0.25) is 0 Å². The van der Waals surface area contributed by atoms with Crippen molar-refractivity contribution < 1.29 is 4.74 Å². The van der Waals surface area contributed by atoms with Gasteiger partial charge in [-0.25, -0.2) is 0 Å². The van der Waals surface area contributed by atoms with Crippen molar-refractivity contribution in [1.82, 2.24) is 0 Å². The molecule has 54 heavy (non-hydrogen) atoms. The summed E-state index contributed by atoms with van der Waals surface area (Å²) in [5, 5.41) is 0. The van der Waals surface area contributed by atoms with Crippen molar-refractivity contribution in [2.45, 2.75) is 19.3 Å². The lowest BCUT2D eigenvalue weighted by Gasteiger charge is -2.36. The number of para-hydroxylation sites is 5. The molecule has 0 N–H and O–H groups in total. The van der Waals surface area contributed by atoms with Crippen LogP contribution in [0, 0.1) is 12.1 Å². The highest BCUT2D eigenvalue weighted by Gasteiger charge is 2.37. The topological polar surface area (TPSA) is 15.7 Å². The van der Waals surface area contributed by atoms with E-state index in [1.807, 2.05) is 18.2 Å². The van der Waals surface area contributed by atoms with Gasteiger partial charge < -0.3 is 14.5 Å². The minimum Gasteiger partial charge on any atom is -0.455 e. The van der Waals surface area contributed by atoms with Gasteiger partial charge in [-0.05, 0) is 90.0 Å². The van der Waals surface area contributed by atoms with Crippen LogP contribution >= 0.6 is 0 Å². The average Bonchev–Trinajstić information content (AvgIpc) is 3.23. The van der Waals surface area contributed by atoms with Crippen molar-refractivity contribution in [3.63, 3.8) is 0 Å². The van der Waals surface area contributed by atoms with E-state index in [1.165, 1.54) is 11.1 Å². The zero-order valence-corrected chi connectivity index (χ0v) is 30.3. The molecule has 0 saturated heterocycles. The molecule has 0 fully saturated rings. The Balaban J connectivity index is 1.08. The van der Waals surface area contributed by atoms with Crippen molar-refractivity contribution in [1.29, 1.82) is 0 Å². The monoisotopic (exact) mass is 694 g/mol. The zero-order valence-electron chi connectivity index (χ0n) is 30.3. The fourth-order valence-corrected chi connectivity index (χ4v) is 7.64. The first-order valence-electron chi connectivity index (χ1n) is 18.4. The second-order valence-electron chi connectivity index (χ2n) is 14.0. The Morgan fingerprint density at radius 2 is 0.833 bits per heavy atom. The molecule has 1 heterocycles. The highest BCUT2D eigenvalue weighted by molar-refractivity contribution is 5.84. The van der Waals surface area contributed by atoms with Gasteiger partial charge in [0, 0.05) is 56.1 Å². The molecule has 8 aromatic rings. The van der Waals surface area contributed by atoms with E-state index in [0.717, 1.165) is 67.9 Å². The predicted octanol–water partition coefficient (Wildman–Crippen LogP) is 14.0. The van der Waals surface area contributed by atoms with E-state index in [-0.39, 0.29) is 5.41 Å². The molecular formula is C51H38N2O. The third-order valence-corrected chi connectivity index (χ3v) is 10.4. The van der Waals surface area contributed by atoms with Gasteiger partial charge in [-0.3, -0.25) is 0 Å². The summed E-state index contributed by atoms with van der Waals surface area (Å²) >= 11 is 0. The molecule has 0 unspecified atom stereocenters. The third-order valence-electron chi connectivity index (χ3n) is 10.4. The first-order chi connectivity index (χ1) is 26.6. The maximum absolute atomic E-state index is 7.09. The lowest BCUT2D eigenvalue weighted by molar-refractivity contribution is 0.421. The van der Waals surface area contributed by atoms with E-state index < -0.39 is 0 Å². The highest BCUT2D eigenvalue weighted by Crippen LogP contribution is 2.54. The van der Waals surface area contributed by atoms with Gasteiger partial charge >= 0.3 is 0 Å². The first-order valence-corrected chi connectivity index (χ1v) is 18.4. The molecule has 0 spiro atoms. The summed E-state index contributed by atoms with van der Waals surface area (Å²) in [6.45, 7) is 4.60. The Morgan fingerprint density at radius 1 is 0.407 bits per heavy atom. The molecule has 3 nitrogen and oxygen atoms in total. The molecule has 1 aliphatic heterocycles. The number of fused-ring (bicyclic) bond motifs is 2. The molecule has 0 atom stereocenters. The summed E-state index contributed by atoms with van der Waals surface area (Å²) in [6.07, 6.45) is 0. The van der Waals surface area contributed by atoms with E-state index in [9.17, 15) is 0 Å². The summed E-state index contributed by atoms with van der Waals surface area (Å²) in [5.74, 6) is 1.80. The van der Waals surface area contributed by atoms with Gasteiger partial charge in [-0.1, -0.05) is 141 Å². The Morgan fingerprint density at radius 3 is 1.28 bits per heavy atom. The van der Waals surface area contributed by atoms with Crippen molar-refractivity contribution in [3.8, 4) is 33.8 Å². The van der Waals surface area contributed by atoms with Crippen LogP contribution in [0.3, 0.4) is 0 Å². The Bertz CT molecular complexity index is 2260. The van der Waals surface area contributed by atoms with Gasteiger partial charge in [-0.15, -0.1) is 0 Å². The first kappa shape index (κ1) is 32.9. The second kappa shape index (κ2) is 13.8. The summed E-state index contributed by atoms with van der Waals surface area (Å²) in [4.78, 5) is 4.49. The number of hydrogen-bond donors (Lipinski definition) is 0. The van der Waals surface area contributed by atoms with Crippen LogP contribution in [-0.4, -0.2) is 0 Å². The molecular weight excluding hydrogens is 657 g/mol. The molecule has 1 aliphatic rings. The highest BCUT2D eigenvalue weighted by atomic mass is 16.5. The van der Waals surface area contributed by atoms with Crippen LogP contribution in [0.25, 0.3) is 22.3 Å². The standard InChI is InChI=1S/C51H38N2O/c1-51(2)47-27-15-25-45(37-29-33-43(34-30-37)52(39-17-7-3-8-18-39)40-19-9-4-10-20-40)49(47)54-50-46(26-16-28-48(50)51)38-31-35-44(36-32-38)53(41-21-11-5-12-22-41)42-23-13-6-14-24-42/h3-13,15-23,25-36H,1-2H3. The smallest absolute Gasteiger partial charge is 0.139 e. The van der Waals surface area contributed by atoms with E-state index in [1.54, 1.807) is 0 Å². The van der Waals surface area contributed by atoms with Gasteiger partial charge in [0.25, 0.3) is 0 Å². The molecule has 0 radical (unpaired) electrons. The summed E-state index contributed by atoms with van der Waals surface area (Å²) in [6, 6.07) is 74.4. The van der Waals surface area contributed by atoms with Crippen LogP contribution in [0.5, 0.6) is 11.5 Å². The number of rotatable bonds is 8. The van der Waals surface area contributed by atoms with Crippen LogP contribution in [0.4, 0.5) is 34.1 Å². The largest absolute Gasteiger partial charge is 0.455 e. The van der Waals surface area contributed by atoms with E-state index in [4.69, 9.17) is 4.74 Å². The van der Waals surface area contributed by atoms with Gasteiger partial charge in [-0.2, -0.15) is 0 Å². The summed E-state index contributed by atoms with van der Waals surface area (Å²) in [7, 11) is 0. The Labute approximate surface area is 318 Å². The molecule has 0 aromatic heterocycles. The maximum Gasteiger partial charge on any atom is 0.139 e. The SMILES string of the molecule is CC1(C)c2cccc(-c3ccc(N(c4c#cccc4)c4ccccc4)cc3)c2Oc2c(-c3ccc(N(c4ccccc4)c4ccccc4)cc3)cccc21. The third kappa shape index (κ3) is 5.94. The van der Waals surface area contributed by atoms with Crippen molar-refractivity contribution >= 4 is 34.1 Å². The van der Waals surface area contributed by atoms with E-state index in [0.29, 0.717) is 0 Å². The normalized spacial score (nSPS) is 12.4. The lowest BCUT2D eigenvalue weighted by Crippen LogP contribution is -2.25. The fraction of sp³-hybridized carbons (Fsp3) is 0.0588. The van der Waals surface area contributed by atoms with Crippen LogP contribution in [-0.2, 0) is 5.41 Å². The van der Waals surface area contributed by atoms with E-state index >= 15 is 0 Å². The quantitative estimate of drug-likeness (QED) is 0.157. The van der Waals surface area contributed by atoms with Crippen molar-refractivity contribution in [2.24, 2.45) is 0 Å². The minimum absolute atomic E-state index is 0.282. The van der Waals surface area contributed by atoms with Gasteiger partial charge in [0.1, 0.15) is 11.5 Å². The molecule has 3 heteroatoms. The Kier molecular flexibility index (Phi) is 8.42. The van der Waals surface area contributed by atoms with E-state index in [2.05, 4.69) is 212 Å². The molecule has 0 bridgehead atoms. The molecule has 8 aromatic carbocycles. The molecule has 258 valence electrons. The minimum atomic E-state index is -0.282. The second-order valence-corrected chi connectivity index (χ2v) is 14.0. The number of anilines is 6. The summed E-state index contributed by atoms with van der Waals surface area (Å²) < 4.78 is 7.09. The number of ether oxygens (including phenoxy) is 1. The predicted molar refractivity (Wildman–Crippen MR) is 223 cm³/mol.